The van der Waals surface area contributed by atoms with Gasteiger partial charge in [-0.3, -0.25) is 0 Å². The van der Waals surface area contributed by atoms with Gasteiger partial charge in [-0.2, -0.15) is 0 Å². The molecule has 0 spiro atoms. The van der Waals surface area contributed by atoms with E-state index < -0.39 is 18.0 Å². The number of rotatable bonds is 2. The second-order valence-electron chi connectivity index (χ2n) is 6.54. The molecule has 0 bridgehead atoms. The van der Waals surface area contributed by atoms with Gasteiger partial charge in [0.1, 0.15) is 0 Å². The Hall–Kier alpha value is -2.30. The van der Waals surface area contributed by atoms with Gasteiger partial charge < -0.3 is 14.5 Å². The fourth-order valence-electron chi connectivity index (χ4n) is 3.50. The number of nitrogens with one attached hydrogen (secondary N) is 1. The maximum atomic E-state index is 12.3. The summed E-state index contributed by atoms with van der Waals surface area (Å²) >= 11 is 0. The zero-order chi connectivity index (χ0) is 16.0. The molecule has 1 N–H and O–H groups in total. The van der Waals surface area contributed by atoms with E-state index in [1.807, 2.05) is 12.1 Å². The van der Waals surface area contributed by atoms with Crippen LogP contribution in [0, 0.1) is 5.92 Å². The molecule has 2 atom stereocenters. The van der Waals surface area contributed by atoms with Crippen LogP contribution in [-0.2, 0) is 27.1 Å². The molecule has 2 aliphatic rings. The number of fused-ring (bicyclic) bond motifs is 3. The Balaban J connectivity index is 1.64. The Bertz CT molecular complexity index is 792. The first kappa shape index (κ1) is 14.3. The van der Waals surface area contributed by atoms with E-state index in [4.69, 9.17) is 9.47 Å². The van der Waals surface area contributed by atoms with Gasteiger partial charge in [0.25, 0.3) is 0 Å². The number of esters is 2. The Morgan fingerprint density at radius 1 is 1.35 bits per heavy atom. The Morgan fingerprint density at radius 3 is 3.00 bits per heavy atom. The van der Waals surface area contributed by atoms with E-state index in [0.29, 0.717) is 24.5 Å². The number of H-pyrrole nitrogens is 1. The monoisotopic (exact) mass is 313 g/mol. The number of hydrogen-bond acceptors (Lipinski definition) is 4. The number of hydrogen-bond donors (Lipinski definition) is 1. The Morgan fingerprint density at radius 2 is 2.22 bits per heavy atom. The van der Waals surface area contributed by atoms with Crippen LogP contribution in [0.3, 0.4) is 0 Å². The Labute approximate surface area is 134 Å². The average Bonchev–Trinajstić information content (AvgIpc) is 3.10. The topological polar surface area (TPSA) is 68.4 Å². The lowest BCUT2D eigenvalue weighted by atomic mass is 9.87. The van der Waals surface area contributed by atoms with Crippen molar-refractivity contribution in [1.82, 2.24) is 4.98 Å². The molecule has 5 heteroatoms. The van der Waals surface area contributed by atoms with Gasteiger partial charge in [-0.25, -0.2) is 9.59 Å². The van der Waals surface area contributed by atoms with E-state index in [9.17, 15) is 9.59 Å². The highest BCUT2D eigenvalue weighted by Gasteiger charge is 2.30. The molecule has 1 aliphatic carbocycles. The maximum Gasteiger partial charge on any atom is 0.347 e. The summed E-state index contributed by atoms with van der Waals surface area (Å²) in [5.41, 5.74) is 4.13. The van der Waals surface area contributed by atoms with E-state index in [-0.39, 0.29) is 0 Å². The summed E-state index contributed by atoms with van der Waals surface area (Å²) in [5, 5.41) is 1.09. The largest absolute Gasteiger partial charge is 0.463 e. The summed E-state index contributed by atoms with van der Waals surface area (Å²) < 4.78 is 10.1. The molecule has 1 aromatic carbocycles. The van der Waals surface area contributed by atoms with Crippen molar-refractivity contribution in [1.29, 1.82) is 0 Å². The average molecular weight is 313 g/mol. The van der Waals surface area contributed by atoms with Gasteiger partial charge >= 0.3 is 11.9 Å². The number of ether oxygens (including phenoxy) is 2. The SMILES string of the molecule is CC1CCc2[nH]c3ccc(C(=O)OC4CCOC4=O)cc3c2C1. The van der Waals surface area contributed by atoms with Gasteiger partial charge in [0, 0.05) is 23.0 Å². The van der Waals surface area contributed by atoms with E-state index in [0.717, 1.165) is 23.7 Å². The second-order valence-corrected chi connectivity index (χ2v) is 6.54. The third-order valence-electron chi connectivity index (χ3n) is 4.81. The minimum atomic E-state index is -0.765. The van der Waals surface area contributed by atoms with Crippen LogP contribution in [0.2, 0.25) is 0 Å². The number of aromatic nitrogens is 1. The first-order valence-corrected chi connectivity index (χ1v) is 8.13. The van der Waals surface area contributed by atoms with Crippen LogP contribution in [0.1, 0.15) is 41.4 Å². The predicted octanol–water partition coefficient (Wildman–Crippen LogP) is 2.77. The van der Waals surface area contributed by atoms with Gasteiger partial charge in [0.05, 0.1) is 12.2 Å². The van der Waals surface area contributed by atoms with Gasteiger partial charge in [-0.05, 0) is 48.9 Å². The minimum Gasteiger partial charge on any atom is -0.463 e. The molecule has 5 nitrogen and oxygen atoms in total. The second kappa shape index (κ2) is 5.41. The van der Waals surface area contributed by atoms with Crippen molar-refractivity contribution in [3.05, 3.63) is 35.0 Å². The van der Waals surface area contributed by atoms with Crippen LogP contribution in [-0.4, -0.2) is 29.6 Å². The van der Waals surface area contributed by atoms with Crippen LogP contribution in [0.5, 0.6) is 0 Å². The summed E-state index contributed by atoms with van der Waals surface area (Å²) in [5.74, 6) is -0.257. The molecule has 0 saturated carbocycles. The minimum absolute atomic E-state index is 0.318. The lowest BCUT2D eigenvalue weighted by Crippen LogP contribution is -2.22. The summed E-state index contributed by atoms with van der Waals surface area (Å²) in [7, 11) is 0. The number of carbonyl (C=O) groups is 2. The summed E-state index contributed by atoms with van der Waals surface area (Å²) in [4.78, 5) is 27.2. The highest BCUT2D eigenvalue weighted by Crippen LogP contribution is 2.32. The molecule has 120 valence electrons. The lowest BCUT2D eigenvalue weighted by molar-refractivity contribution is -0.145. The van der Waals surface area contributed by atoms with Crippen LogP contribution in [0.4, 0.5) is 0 Å². The molecule has 23 heavy (non-hydrogen) atoms. The zero-order valence-electron chi connectivity index (χ0n) is 13.1. The predicted molar refractivity (Wildman–Crippen MR) is 84.3 cm³/mol. The van der Waals surface area contributed by atoms with Crippen molar-refractivity contribution in [2.75, 3.05) is 6.61 Å². The standard InChI is InChI=1S/C18H19NO4/c1-10-2-4-14-12(8-10)13-9-11(3-5-15(13)19-14)17(20)23-16-6-7-22-18(16)21/h3,5,9-10,16,19H,2,4,6-8H2,1H3. The van der Waals surface area contributed by atoms with Gasteiger partial charge in [0.15, 0.2) is 0 Å². The van der Waals surface area contributed by atoms with Crippen molar-refractivity contribution in [3.63, 3.8) is 0 Å². The molecule has 2 unspecified atom stereocenters. The third kappa shape index (κ3) is 2.50. The van der Waals surface area contributed by atoms with Crippen LogP contribution < -0.4 is 0 Å². The number of aryl methyl sites for hydroxylation is 1. The molecule has 2 aromatic rings. The zero-order valence-corrected chi connectivity index (χ0v) is 13.1. The summed E-state index contributed by atoms with van der Waals surface area (Å²) in [6.07, 6.45) is 2.95. The number of aromatic amines is 1. The number of cyclic esters (lactones) is 1. The third-order valence-corrected chi connectivity index (χ3v) is 4.81. The van der Waals surface area contributed by atoms with Crippen molar-refractivity contribution in [3.8, 4) is 0 Å². The number of carbonyl (C=O) groups excluding carboxylic acids is 2. The van der Waals surface area contributed by atoms with E-state index in [1.165, 1.54) is 17.7 Å². The van der Waals surface area contributed by atoms with Gasteiger partial charge in [-0.1, -0.05) is 6.92 Å². The fourth-order valence-corrected chi connectivity index (χ4v) is 3.50. The highest BCUT2D eigenvalue weighted by molar-refractivity contribution is 5.97. The quantitative estimate of drug-likeness (QED) is 0.866. The molecular weight excluding hydrogens is 294 g/mol. The molecule has 4 rings (SSSR count). The molecule has 0 radical (unpaired) electrons. The van der Waals surface area contributed by atoms with Crippen LogP contribution >= 0.6 is 0 Å². The number of benzene rings is 1. The lowest BCUT2D eigenvalue weighted by Gasteiger charge is -2.18. The van der Waals surface area contributed by atoms with Gasteiger partial charge in [0.2, 0.25) is 6.10 Å². The smallest absolute Gasteiger partial charge is 0.347 e. The molecule has 1 fully saturated rings. The van der Waals surface area contributed by atoms with E-state index in [2.05, 4.69) is 11.9 Å². The summed E-state index contributed by atoms with van der Waals surface area (Å²) in [6.45, 7) is 2.57. The van der Waals surface area contributed by atoms with Crippen molar-refractivity contribution in [2.45, 2.75) is 38.7 Å². The molecule has 1 aromatic heterocycles. The molecular formula is C18H19NO4. The normalized spacial score (nSPS) is 23.6. The van der Waals surface area contributed by atoms with E-state index >= 15 is 0 Å². The highest BCUT2D eigenvalue weighted by atomic mass is 16.6. The first-order valence-electron chi connectivity index (χ1n) is 8.13. The van der Waals surface area contributed by atoms with Crippen molar-refractivity contribution >= 4 is 22.8 Å². The molecule has 0 amide bonds. The molecule has 1 saturated heterocycles. The van der Waals surface area contributed by atoms with Gasteiger partial charge in [-0.15, -0.1) is 0 Å². The van der Waals surface area contributed by atoms with Crippen molar-refractivity contribution < 1.29 is 19.1 Å². The molecule has 2 heterocycles. The maximum absolute atomic E-state index is 12.3. The summed E-state index contributed by atoms with van der Waals surface area (Å²) in [6, 6.07) is 5.55. The van der Waals surface area contributed by atoms with Crippen LogP contribution in [0.15, 0.2) is 18.2 Å². The van der Waals surface area contributed by atoms with E-state index in [1.54, 1.807) is 6.07 Å². The van der Waals surface area contributed by atoms with Crippen LogP contribution in [0.25, 0.3) is 10.9 Å². The molecule has 1 aliphatic heterocycles. The Kier molecular flexibility index (Phi) is 3.36. The fraction of sp³-hybridized carbons (Fsp3) is 0.444. The van der Waals surface area contributed by atoms with Crippen molar-refractivity contribution in [2.24, 2.45) is 5.92 Å². The first-order chi connectivity index (χ1) is 11.1.